The molecule has 0 N–H and O–H groups in total. The molecule has 0 aromatic heterocycles. The maximum absolute atomic E-state index is 6.04. The molecule has 25 heavy (non-hydrogen) atoms. The lowest BCUT2D eigenvalue weighted by Crippen LogP contribution is -2.55. The summed E-state index contributed by atoms with van der Waals surface area (Å²) in [7, 11) is 1.64. The van der Waals surface area contributed by atoms with Crippen LogP contribution in [-0.4, -0.2) is 78.8 Å². The summed E-state index contributed by atoms with van der Waals surface area (Å²) in [4.78, 5) is 4.49. The topological polar surface area (TPSA) is 43.4 Å². The van der Waals surface area contributed by atoms with Crippen LogP contribution in [0.1, 0.15) is 12.0 Å². The molecule has 1 aromatic carbocycles. The highest BCUT2D eigenvalue weighted by Crippen LogP contribution is 2.22. The van der Waals surface area contributed by atoms with Gasteiger partial charge in [-0.2, -0.15) is 0 Å². The third-order valence-electron chi connectivity index (χ3n) is 4.51. The number of rotatable bonds is 7. The Morgan fingerprint density at radius 3 is 2.16 bits per heavy atom. The first-order valence-corrected chi connectivity index (χ1v) is 11.1. The number of nitrogens with zero attached hydrogens (tertiary/aromatic N) is 2. The molecule has 2 bridgehead atoms. The minimum absolute atomic E-state index is 0.657. The van der Waals surface area contributed by atoms with E-state index in [4.69, 9.17) is 18.0 Å². The van der Waals surface area contributed by atoms with Crippen molar-refractivity contribution in [3.63, 3.8) is 0 Å². The van der Waals surface area contributed by atoms with Crippen molar-refractivity contribution in [2.24, 2.45) is 0 Å². The smallest absolute Gasteiger partial charge is 0.494 e. The highest BCUT2D eigenvalue weighted by Gasteiger charge is 2.43. The van der Waals surface area contributed by atoms with Crippen LogP contribution >= 0.6 is 0 Å². The Bertz CT molecular complexity index is 500. The largest absolute Gasteiger partial charge is 0.501 e. The average Bonchev–Trinajstić information content (AvgIpc) is 2.53. The zero-order valence-corrected chi connectivity index (χ0v) is 16.4. The minimum Gasteiger partial charge on any atom is -0.494 e. The molecule has 7 heteroatoms. The van der Waals surface area contributed by atoms with Crippen molar-refractivity contribution in [2.45, 2.75) is 19.0 Å². The minimum atomic E-state index is -2.51. The van der Waals surface area contributed by atoms with E-state index in [0.717, 1.165) is 44.4 Å². The molecule has 0 spiro atoms. The monoisotopic (exact) mass is 366 g/mol. The lowest BCUT2D eigenvalue weighted by molar-refractivity contribution is -0.00896. The van der Waals surface area contributed by atoms with Crippen LogP contribution in [0.4, 0.5) is 0 Å². The summed E-state index contributed by atoms with van der Waals surface area (Å²) < 4.78 is 24.0. The maximum atomic E-state index is 6.04. The fourth-order valence-electron chi connectivity index (χ4n) is 3.20. The normalized spacial score (nSPS) is 26.9. The van der Waals surface area contributed by atoms with Crippen molar-refractivity contribution in [3.8, 4) is 5.75 Å². The quantitative estimate of drug-likeness (QED) is 0.542. The van der Waals surface area contributed by atoms with Gasteiger partial charge in [-0.3, -0.25) is 4.90 Å². The average molecular weight is 367 g/mol. The van der Waals surface area contributed by atoms with Gasteiger partial charge in [0, 0.05) is 32.2 Å². The first-order valence-electron chi connectivity index (χ1n) is 9.16. The molecule has 140 valence electrons. The van der Waals surface area contributed by atoms with E-state index in [-0.39, 0.29) is 0 Å². The summed E-state index contributed by atoms with van der Waals surface area (Å²) in [5.74, 6) is 0.912. The molecule has 3 heterocycles. The van der Waals surface area contributed by atoms with E-state index in [1.54, 1.807) is 0 Å². The van der Waals surface area contributed by atoms with Crippen LogP contribution in [0.25, 0.3) is 0 Å². The second-order valence-electron chi connectivity index (χ2n) is 6.90. The third kappa shape index (κ3) is 5.77. The van der Waals surface area contributed by atoms with Gasteiger partial charge in [0.2, 0.25) is 0 Å². The highest BCUT2D eigenvalue weighted by atomic mass is 28.4. The second-order valence-corrected chi connectivity index (χ2v) is 9.64. The summed E-state index contributed by atoms with van der Waals surface area (Å²) in [6, 6.07) is 9.14. The fourth-order valence-corrected chi connectivity index (χ4v) is 5.67. The van der Waals surface area contributed by atoms with Crippen molar-refractivity contribution in [2.75, 3.05) is 60.2 Å². The van der Waals surface area contributed by atoms with Crippen LogP contribution in [0, 0.1) is 0 Å². The van der Waals surface area contributed by atoms with Gasteiger partial charge < -0.3 is 22.9 Å². The van der Waals surface area contributed by atoms with Gasteiger partial charge in [0.05, 0.1) is 26.4 Å². The number of hydrogen-bond donors (Lipinski definition) is 0. The Labute approximate surface area is 152 Å². The van der Waals surface area contributed by atoms with Crippen molar-refractivity contribution < 1.29 is 18.0 Å². The Balaban J connectivity index is 1.44. The molecule has 3 aliphatic heterocycles. The van der Waals surface area contributed by atoms with Gasteiger partial charge in [-0.25, -0.2) is 0 Å². The standard InChI is InChI=1S/C18H30N2O4Si/c1-19(2)16-17-4-6-18(7-5-17)21-11-3-15-25-22-12-8-20(9-13-23-25)10-14-24-25/h4-7H,3,8-16H2,1-2H3. The van der Waals surface area contributed by atoms with Gasteiger partial charge in [-0.1, -0.05) is 12.1 Å². The SMILES string of the molecule is CN(C)Cc1ccc(OCCC[Si]23OCCN(CCO2)CCO3)cc1. The van der Waals surface area contributed by atoms with E-state index >= 15 is 0 Å². The Kier molecular flexibility index (Phi) is 6.86. The fraction of sp³-hybridized carbons (Fsp3) is 0.667. The Morgan fingerprint density at radius 2 is 1.60 bits per heavy atom. The Morgan fingerprint density at radius 1 is 1.00 bits per heavy atom. The number of benzene rings is 1. The first-order chi connectivity index (χ1) is 12.2. The summed E-state index contributed by atoms with van der Waals surface area (Å²) in [6.07, 6.45) is 0.884. The lowest BCUT2D eigenvalue weighted by Gasteiger charge is -2.38. The van der Waals surface area contributed by atoms with E-state index in [0.29, 0.717) is 26.4 Å². The molecule has 0 unspecified atom stereocenters. The molecule has 3 saturated heterocycles. The van der Waals surface area contributed by atoms with Crippen molar-refractivity contribution in [3.05, 3.63) is 29.8 Å². The Hall–Kier alpha value is -0.963. The van der Waals surface area contributed by atoms with Crippen molar-refractivity contribution in [1.29, 1.82) is 0 Å². The highest BCUT2D eigenvalue weighted by molar-refractivity contribution is 6.60. The summed E-state index contributed by atoms with van der Waals surface area (Å²) in [5, 5.41) is 0. The number of hydrogen-bond acceptors (Lipinski definition) is 6. The van der Waals surface area contributed by atoms with E-state index in [1.807, 2.05) is 12.1 Å². The maximum Gasteiger partial charge on any atom is 0.501 e. The lowest BCUT2D eigenvalue weighted by atomic mass is 10.2. The molecule has 0 aliphatic carbocycles. The molecule has 0 amide bonds. The molecule has 4 rings (SSSR count). The van der Waals surface area contributed by atoms with Crippen LogP contribution in [0.5, 0.6) is 5.75 Å². The number of fused-ring (bicyclic) bond motifs is 6. The first kappa shape index (κ1) is 18.8. The van der Waals surface area contributed by atoms with Gasteiger partial charge in [-0.15, -0.1) is 0 Å². The molecule has 0 radical (unpaired) electrons. The zero-order chi connectivity index (χ0) is 17.5. The van der Waals surface area contributed by atoms with Crippen LogP contribution < -0.4 is 4.74 Å². The van der Waals surface area contributed by atoms with Crippen LogP contribution in [0.15, 0.2) is 24.3 Å². The molecular formula is C18H30N2O4Si. The second kappa shape index (κ2) is 9.11. The molecular weight excluding hydrogens is 336 g/mol. The van der Waals surface area contributed by atoms with Gasteiger partial charge >= 0.3 is 8.80 Å². The summed E-state index contributed by atoms with van der Waals surface area (Å²) >= 11 is 0. The van der Waals surface area contributed by atoms with Crippen molar-refractivity contribution >= 4 is 8.80 Å². The van der Waals surface area contributed by atoms with E-state index < -0.39 is 8.80 Å². The van der Waals surface area contributed by atoms with Gasteiger partial charge in [-0.05, 0) is 38.2 Å². The summed E-state index contributed by atoms with van der Waals surface area (Å²) in [6.45, 7) is 6.68. The predicted molar refractivity (Wildman–Crippen MR) is 98.8 cm³/mol. The zero-order valence-electron chi connectivity index (χ0n) is 15.4. The molecule has 1 aromatic rings. The van der Waals surface area contributed by atoms with Crippen LogP contribution in [0.2, 0.25) is 6.04 Å². The molecule has 3 fully saturated rings. The van der Waals surface area contributed by atoms with Crippen LogP contribution in [0.3, 0.4) is 0 Å². The molecule has 0 atom stereocenters. The third-order valence-corrected chi connectivity index (χ3v) is 7.40. The van der Waals surface area contributed by atoms with Crippen LogP contribution in [-0.2, 0) is 19.8 Å². The van der Waals surface area contributed by atoms with Gasteiger partial charge in [0.15, 0.2) is 0 Å². The van der Waals surface area contributed by atoms with Gasteiger partial charge in [0.1, 0.15) is 5.75 Å². The van der Waals surface area contributed by atoms with Gasteiger partial charge in [0.25, 0.3) is 0 Å². The molecule has 6 nitrogen and oxygen atoms in total. The molecule has 3 aliphatic rings. The van der Waals surface area contributed by atoms with E-state index in [2.05, 4.69) is 36.0 Å². The van der Waals surface area contributed by atoms with E-state index in [1.165, 1.54) is 5.56 Å². The predicted octanol–water partition coefficient (Wildman–Crippen LogP) is 1.83. The van der Waals surface area contributed by atoms with Crippen molar-refractivity contribution in [1.82, 2.24) is 9.80 Å². The summed E-state index contributed by atoms with van der Waals surface area (Å²) in [5.41, 5.74) is 1.29. The van der Waals surface area contributed by atoms with E-state index in [9.17, 15) is 0 Å². The number of ether oxygens (including phenoxy) is 1. The molecule has 0 saturated carbocycles.